The quantitative estimate of drug-likeness (QED) is 0.916. The van der Waals surface area contributed by atoms with Gasteiger partial charge in [0.25, 0.3) is 0 Å². The molecule has 5 nitrogen and oxygen atoms in total. The molecule has 1 aliphatic carbocycles. The van der Waals surface area contributed by atoms with Gasteiger partial charge in [0.05, 0.1) is 15.6 Å². The maximum atomic E-state index is 12.5. The van der Waals surface area contributed by atoms with Gasteiger partial charge in [0, 0.05) is 13.1 Å². The second kappa shape index (κ2) is 5.52. The molecule has 0 amide bonds. The third-order valence-corrected chi connectivity index (χ3v) is 6.29. The number of carboxylic acid groups (broad SMARTS) is 1. The Balaban J connectivity index is 2.52. The van der Waals surface area contributed by atoms with Gasteiger partial charge in [0.15, 0.2) is 0 Å². The molecule has 1 aromatic rings. The molecule has 110 valence electrons. The fraction of sp³-hybridized carbons (Fsp3) is 0.417. The Labute approximate surface area is 127 Å². The van der Waals surface area contributed by atoms with Crippen molar-refractivity contribution >= 4 is 39.2 Å². The lowest BCUT2D eigenvalue weighted by molar-refractivity contribution is 0.0697. The molecule has 8 heteroatoms. The predicted octanol–water partition coefficient (Wildman–Crippen LogP) is 2.86. The summed E-state index contributed by atoms with van der Waals surface area (Å²) in [6, 6.07) is 2.42. The van der Waals surface area contributed by atoms with Crippen LogP contribution in [0, 0.1) is 0 Å². The number of aromatic carboxylic acids is 1. The third-order valence-electron chi connectivity index (χ3n) is 3.52. The number of hydrogen-bond acceptors (Lipinski definition) is 3. The molecule has 2 rings (SSSR count). The first-order valence-electron chi connectivity index (χ1n) is 5.96. The molecule has 1 saturated carbocycles. The zero-order valence-corrected chi connectivity index (χ0v) is 13.0. The first-order valence-corrected chi connectivity index (χ1v) is 8.15. The lowest BCUT2D eigenvalue weighted by Gasteiger charge is -2.34. The molecule has 1 N–H and O–H groups in total. The zero-order chi connectivity index (χ0) is 15.1. The maximum Gasteiger partial charge on any atom is 0.338 e. The van der Waals surface area contributed by atoms with E-state index in [4.69, 9.17) is 28.3 Å². The Morgan fingerprint density at radius 3 is 2.40 bits per heavy atom. The van der Waals surface area contributed by atoms with E-state index in [-0.39, 0.29) is 21.0 Å². The van der Waals surface area contributed by atoms with E-state index in [1.54, 1.807) is 0 Å². The number of rotatable bonds is 4. The first kappa shape index (κ1) is 15.6. The van der Waals surface area contributed by atoms with Crippen LogP contribution >= 0.6 is 23.2 Å². The normalized spacial score (nSPS) is 16.2. The van der Waals surface area contributed by atoms with Crippen LogP contribution in [0.15, 0.2) is 17.0 Å². The standard InChI is InChI=1S/C12H13Cl2NO4S/c1-15(7-3-2-4-7)20(18,19)9-6-5-8(13)10(11(9)14)12(16)17/h5-7H,2-4H2,1H3,(H,16,17). The van der Waals surface area contributed by atoms with E-state index in [0.29, 0.717) is 0 Å². The van der Waals surface area contributed by atoms with Gasteiger partial charge in [0.1, 0.15) is 4.90 Å². The summed E-state index contributed by atoms with van der Waals surface area (Å²) >= 11 is 11.7. The van der Waals surface area contributed by atoms with Crippen LogP contribution in [0.5, 0.6) is 0 Å². The highest BCUT2D eigenvalue weighted by atomic mass is 35.5. The lowest BCUT2D eigenvalue weighted by atomic mass is 9.94. The molecule has 0 bridgehead atoms. The Bertz CT molecular complexity index is 656. The molecule has 0 atom stereocenters. The van der Waals surface area contributed by atoms with Gasteiger partial charge < -0.3 is 5.11 Å². The minimum atomic E-state index is -3.82. The third kappa shape index (κ3) is 2.53. The van der Waals surface area contributed by atoms with Crippen molar-refractivity contribution in [3.8, 4) is 0 Å². The van der Waals surface area contributed by atoms with Crippen LogP contribution in [-0.2, 0) is 10.0 Å². The van der Waals surface area contributed by atoms with E-state index in [2.05, 4.69) is 0 Å². The molecule has 0 radical (unpaired) electrons. The monoisotopic (exact) mass is 337 g/mol. The fourth-order valence-electron chi connectivity index (χ4n) is 2.03. The SMILES string of the molecule is CN(C1CCC1)S(=O)(=O)c1ccc(Cl)c(C(=O)O)c1Cl. The molecular formula is C12H13Cl2NO4S. The molecule has 0 spiro atoms. The van der Waals surface area contributed by atoms with Gasteiger partial charge in [0.2, 0.25) is 10.0 Å². The van der Waals surface area contributed by atoms with Crippen molar-refractivity contribution < 1.29 is 18.3 Å². The van der Waals surface area contributed by atoms with Crippen molar-refractivity contribution in [3.05, 3.63) is 27.7 Å². The number of nitrogens with zero attached hydrogens (tertiary/aromatic N) is 1. The molecule has 1 fully saturated rings. The van der Waals surface area contributed by atoms with Crippen molar-refractivity contribution in [2.75, 3.05) is 7.05 Å². The van der Waals surface area contributed by atoms with E-state index in [1.807, 2.05) is 0 Å². The summed E-state index contributed by atoms with van der Waals surface area (Å²) in [6.07, 6.45) is 2.58. The van der Waals surface area contributed by atoms with Crippen molar-refractivity contribution in [1.82, 2.24) is 4.31 Å². The fourth-order valence-corrected chi connectivity index (χ4v) is 4.34. The number of carbonyl (C=O) groups is 1. The van der Waals surface area contributed by atoms with Gasteiger partial charge in [-0.2, -0.15) is 4.31 Å². The van der Waals surface area contributed by atoms with E-state index >= 15 is 0 Å². The summed E-state index contributed by atoms with van der Waals surface area (Å²) in [4.78, 5) is 10.9. The second-order valence-electron chi connectivity index (χ2n) is 4.65. The summed E-state index contributed by atoms with van der Waals surface area (Å²) in [6.45, 7) is 0. The molecule has 0 heterocycles. The summed E-state index contributed by atoms with van der Waals surface area (Å²) in [5.74, 6) is -1.36. The number of benzene rings is 1. The Hall–Kier alpha value is -0.820. The second-order valence-corrected chi connectivity index (χ2v) is 7.40. The highest BCUT2D eigenvalue weighted by Gasteiger charge is 2.34. The molecule has 0 aromatic heterocycles. The van der Waals surface area contributed by atoms with Crippen LogP contribution < -0.4 is 0 Å². The van der Waals surface area contributed by atoms with Crippen LogP contribution in [0.25, 0.3) is 0 Å². The molecule has 0 saturated heterocycles. The van der Waals surface area contributed by atoms with Crippen molar-refractivity contribution in [3.63, 3.8) is 0 Å². The summed E-state index contributed by atoms with van der Waals surface area (Å²) in [5, 5.41) is 8.62. The smallest absolute Gasteiger partial charge is 0.338 e. The van der Waals surface area contributed by atoms with Crippen LogP contribution in [-0.4, -0.2) is 36.9 Å². The van der Waals surface area contributed by atoms with Gasteiger partial charge in [-0.1, -0.05) is 29.6 Å². The Morgan fingerprint density at radius 1 is 1.35 bits per heavy atom. The van der Waals surface area contributed by atoms with Crippen molar-refractivity contribution in [2.45, 2.75) is 30.2 Å². The van der Waals surface area contributed by atoms with Crippen molar-refractivity contribution in [1.29, 1.82) is 0 Å². The van der Waals surface area contributed by atoms with Crippen LogP contribution in [0.4, 0.5) is 0 Å². The topological polar surface area (TPSA) is 74.7 Å². The van der Waals surface area contributed by atoms with Crippen LogP contribution in [0.3, 0.4) is 0 Å². The largest absolute Gasteiger partial charge is 0.478 e. The Kier molecular flexibility index (Phi) is 4.30. The minimum Gasteiger partial charge on any atom is -0.478 e. The number of hydrogen-bond donors (Lipinski definition) is 1. The summed E-state index contributed by atoms with van der Waals surface area (Å²) in [5.41, 5.74) is -0.392. The molecule has 1 aromatic carbocycles. The summed E-state index contributed by atoms with van der Waals surface area (Å²) < 4.78 is 26.2. The highest BCUT2D eigenvalue weighted by molar-refractivity contribution is 7.89. The van der Waals surface area contributed by atoms with Crippen LogP contribution in [0.2, 0.25) is 10.0 Å². The average Bonchev–Trinajstić information content (AvgIpc) is 2.25. The van der Waals surface area contributed by atoms with E-state index in [1.165, 1.54) is 23.5 Å². The van der Waals surface area contributed by atoms with Gasteiger partial charge in [-0.25, -0.2) is 13.2 Å². The molecule has 1 aliphatic rings. The van der Waals surface area contributed by atoms with Crippen molar-refractivity contribution in [2.24, 2.45) is 0 Å². The number of carboxylic acids is 1. The van der Waals surface area contributed by atoms with E-state index in [0.717, 1.165) is 19.3 Å². The predicted molar refractivity (Wildman–Crippen MR) is 76.0 cm³/mol. The van der Waals surface area contributed by atoms with E-state index < -0.39 is 21.6 Å². The van der Waals surface area contributed by atoms with Gasteiger partial charge in [-0.15, -0.1) is 0 Å². The zero-order valence-electron chi connectivity index (χ0n) is 10.6. The highest BCUT2D eigenvalue weighted by Crippen LogP contribution is 2.35. The lowest BCUT2D eigenvalue weighted by Crippen LogP contribution is -2.41. The average molecular weight is 338 g/mol. The minimum absolute atomic E-state index is 0.0555. The van der Waals surface area contributed by atoms with Crippen LogP contribution in [0.1, 0.15) is 29.6 Å². The molecule has 0 aliphatic heterocycles. The summed E-state index contributed by atoms with van der Waals surface area (Å²) in [7, 11) is -2.35. The molecular weight excluding hydrogens is 325 g/mol. The van der Waals surface area contributed by atoms with Gasteiger partial charge in [-0.3, -0.25) is 0 Å². The van der Waals surface area contributed by atoms with Gasteiger partial charge in [-0.05, 0) is 25.0 Å². The number of sulfonamides is 1. The molecule has 20 heavy (non-hydrogen) atoms. The van der Waals surface area contributed by atoms with E-state index in [9.17, 15) is 13.2 Å². The first-order chi connectivity index (χ1) is 9.26. The number of halogens is 2. The van der Waals surface area contributed by atoms with Gasteiger partial charge >= 0.3 is 5.97 Å². The molecule has 0 unspecified atom stereocenters. The Morgan fingerprint density at radius 2 is 1.95 bits per heavy atom. The maximum absolute atomic E-state index is 12.5.